The van der Waals surface area contributed by atoms with Gasteiger partial charge in [-0.25, -0.2) is 0 Å². The zero-order chi connectivity index (χ0) is 18.7. The van der Waals surface area contributed by atoms with E-state index in [1.807, 2.05) is 36.9 Å². The van der Waals surface area contributed by atoms with Crippen molar-refractivity contribution in [3.05, 3.63) is 35.4 Å². The van der Waals surface area contributed by atoms with E-state index in [0.29, 0.717) is 18.7 Å². The van der Waals surface area contributed by atoms with Crippen LogP contribution in [0.15, 0.2) is 24.3 Å². The van der Waals surface area contributed by atoms with E-state index >= 15 is 0 Å². The number of hydrogen-bond acceptors (Lipinski definition) is 4. The predicted molar refractivity (Wildman–Crippen MR) is 99.5 cm³/mol. The number of carbonyl (C=O) groups excluding carboxylic acids is 2. The number of morpholine rings is 1. The molecule has 0 radical (unpaired) electrons. The molecule has 1 aromatic carbocycles. The molecule has 2 N–H and O–H groups in total. The molecule has 6 heteroatoms. The number of rotatable bonds is 4. The molecule has 2 amide bonds. The number of carbonyl (C=O) groups is 2. The monoisotopic (exact) mass is 359 g/mol. The summed E-state index contributed by atoms with van der Waals surface area (Å²) in [5.41, 5.74) is 6.98. The normalized spacial score (nSPS) is 25.2. The Balaban J connectivity index is 1.52. The molecule has 2 atom stereocenters. The van der Waals surface area contributed by atoms with Gasteiger partial charge in [0.15, 0.2) is 0 Å². The predicted octanol–water partition coefficient (Wildman–Crippen LogP) is 1.63. The molecule has 0 aliphatic carbocycles. The molecule has 2 saturated heterocycles. The van der Waals surface area contributed by atoms with E-state index in [1.54, 1.807) is 6.07 Å². The van der Waals surface area contributed by atoms with Crippen molar-refractivity contribution in [3.8, 4) is 0 Å². The Morgan fingerprint density at radius 3 is 2.42 bits per heavy atom. The second-order valence-electron chi connectivity index (χ2n) is 7.62. The number of piperidine rings is 1. The van der Waals surface area contributed by atoms with Gasteiger partial charge in [-0.05, 0) is 57.5 Å². The molecule has 2 aliphatic heterocycles. The average Bonchev–Trinajstić information content (AvgIpc) is 2.61. The van der Waals surface area contributed by atoms with E-state index in [2.05, 4.69) is 4.90 Å². The van der Waals surface area contributed by atoms with E-state index in [-0.39, 0.29) is 24.0 Å². The molecule has 3 rings (SSSR count). The van der Waals surface area contributed by atoms with Crippen LogP contribution in [0.5, 0.6) is 0 Å². The molecule has 26 heavy (non-hydrogen) atoms. The van der Waals surface area contributed by atoms with E-state index < -0.39 is 5.91 Å². The Morgan fingerprint density at radius 2 is 1.81 bits per heavy atom. The maximum Gasteiger partial charge on any atom is 0.248 e. The summed E-state index contributed by atoms with van der Waals surface area (Å²) in [6, 6.07) is 7.48. The number of hydrogen-bond donors (Lipinski definition) is 1. The first-order valence-electron chi connectivity index (χ1n) is 9.47. The fraction of sp³-hybridized carbons (Fsp3) is 0.600. The summed E-state index contributed by atoms with van der Waals surface area (Å²) in [4.78, 5) is 28.5. The number of likely N-dealkylation sites (tertiary alicyclic amines) is 1. The highest BCUT2D eigenvalue weighted by Crippen LogP contribution is 2.23. The molecule has 142 valence electrons. The fourth-order valence-corrected chi connectivity index (χ4v) is 4.04. The molecule has 0 bridgehead atoms. The minimum atomic E-state index is -0.398. The number of benzene rings is 1. The zero-order valence-electron chi connectivity index (χ0n) is 15.7. The summed E-state index contributed by atoms with van der Waals surface area (Å²) < 4.78 is 5.73. The highest BCUT2D eigenvalue weighted by Gasteiger charge is 2.32. The summed E-state index contributed by atoms with van der Waals surface area (Å²) >= 11 is 0. The lowest BCUT2D eigenvalue weighted by Crippen LogP contribution is -2.51. The number of nitrogens with two attached hydrogens (primary N) is 1. The lowest BCUT2D eigenvalue weighted by molar-refractivity contribution is -0.148. The van der Waals surface area contributed by atoms with Crippen LogP contribution in [0, 0.1) is 5.92 Å². The maximum absolute atomic E-state index is 12.8. The highest BCUT2D eigenvalue weighted by atomic mass is 16.5. The quantitative estimate of drug-likeness (QED) is 0.887. The van der Waals surface area contributed by atoms with E-state index in [9.17, 15) is 9.59 Å². The van der Waals surface area contributed by atoms with Crippen LogP contribution in [0.3, 0.4) is 0 Å². The summed E-state index contributed by atoms with van der Waals surface area (Å²) in [7, 11) is 0. The first-order valence-corrected chi connectivity index (χ1v) is 9.47. The second kappa shape index (κ2) is 8.18. The smallest absolute Gasteiger partial charge is 0.248 e. The van der Waals surface area contributed by atoms with Crippen molar-refractivity contribution in [2.45, 2.75) is 45.4 Å². The summed E-state index contributed by atoms with van der Waals surface area (Å²) in [5.74, 6) is -0.00629. The lowest BCUT2D eigenvalue weighted by Gasteiger charge is -2.39. The third kappa shape index (κ3) is 4.62. The Morgan fingerprint density at radius 1 is 1.15 bits per heavy atom. The SMILES string of the molecule is CC1CN(C(=O)C2CCN(Cc3cccc(C(N)=O)c3)CC2)CC(C)O1. The molecule has 2 aliphatic rings. The third-order valence-electron chi connectivity index (χ3n) is 5.29. The molecule has 6 nitrogen and oxygen atoms in total. The Bertz CT molecular complexity index is 645. The molecule has 1 aromatic rings. The van der Waals surface area contributed by atoms with Gasteiger partial charge in [-0.2, -0.15) is 0 Å². The van der Waals surface area contributed by atoms with Gasteiger partial charge in [0.05, 0.1) is 12.2 Å². The van der Waals surface area contributed by atoms with Crippen molar-refractivity contribution < 1.29 is 14.3 Å². The number of nitrogens with zero attached hydrogens (tertiary/aromatic N) is 2. The first kappa shape index (κ1) is 18.9. The van der Waals surface area contributed by atoms with Gasteiger partial charge in [0.2, 0.25) is 11.8 Å². The van der Waals surface area contributed by atoms with Gasteiger partial charge in [-0.15, -0.1) is 0 Å². The molecular weight excluding hydrogens is 330 g/mol. The minimum absolute atomic E-state index is 0.111. The van der Waals surface area contributed by atoms with E-state index in [4.69, 9.17) is 10.5 Å². The zero-order valence-corrected chi connectivity index (χ0v) is 15.7. The topological polar surface area (TPSA) is 75.9 Å². The van der Waals surface area contributed by atoms with Crippen LogP contribution in [0.4, 0.5) is 0 Å². The highest BCUT2D eigenvalue weighted by molar-refractivity contribution is 5.92. The molecule has 2 fully saturated rings. The van der Waals surface area contributed by atoms with Crippen molar-refractivity contribution in [2.75, 3.05) is 26.2 Å². The number of primary amides is 1. The van der Waals surface area contributed by atoms with Crippen molar-refractivity contribution in [1.29, 1.82) is 0 Å². The average molecular weight is 359 g/mol. The minimum Gasteiger partial charge on any atom is -0.372 e. The van der Waals surface area contributed by atoms with Gasteiger partial charge in [0.1, 0.15) is 0 Å². The first-order chi connectivity index (χ1) is 12.4. The van der Waals surface area contributed by atoms with E-state index in [1.165, 1.54) is 0 Å². The van der Waals surface area contributed by atoms with E-state index in [0.717, 1.165) is 38.0 Å². The number of amides is 2. The standard InChI is InChI=1S/C20H29N3O3/c1-14-11-23(12-15(2)26-14)20(25)17-6-8-22(9-7-17)13-16-4-3-5-18(10-16)19(21)24/h3-5,10,14-15,17H,6-9,11-13H2,1-2H3,(H2,21,24). The van der Waals surface area contributed by atoms with Crippen molar-refractivity contribution in [1.82, 2.24) is 9.80 Å². The molecule has 0 spiro atoms. The van der Waals surface area contributed by atoms with Crippen molar-refractivity contribution in [2.24, 2.45) is 11.7 Å². The van der Waals surface area contributed by atoms with Gasteiger partial charge in [0.25, 0.3) is 0 Å². The van der Waals surface area contributed by atoms with Crippen LogP contribution >= 0.6 is 0 Å². The summed E-state index contributed by atoms with van der Waals surface area (Å²) in [6.45, 7) is 8.02. The second-order valence-corrected chi connectivity index (χ2v) is 7.62. The van der Waals surface area contributed by atoms with Crippen LogP contribution < -0.4 is 5.73 Å². The Hall–Kier alpha value is -1.92. The van der Waals surface area contributed by atoms with Gasteiger partial charge in [-0.1, -0.05) is 12.1 Å². The molecule has 2 heterocycles. The number of ether oxygens (including phenoxy) is 1. The summed E-state index contributed by atoms with van der Waals surface area (Å²) in [6.07, 6.45) is 1.99. The van der Waals surface area contributed by atoms with Crippen LogP contribution in [0.2, 0.25) is 0 Å². The Labute approximate surface area is 155 Å². The summed E-state index contributed by atoms with van der Waals surface area (Å²) in [5, 5.41) is 0. The third-order valence-corrected chi connectivity index (χ3v) is 5.29. The van der Waals surface area contributed by atoms with Gasteiger partial charge in [-0.3, -0.25) is 14.5 Å². The molecular formula is C20H29N3O3. The molecule has 2 unspecified atom stereocenters. The molecule has 0 aromatic heterocycles. The van der Waals surface area contributed by atoms with Crippen LogP contribution in [0.25, 0.3) is 0 Å². The fourth-order valence-electron chi connectivity index (χ4n) is 4.04. The lowest BCUT2D eigenvalue weighted by atomic mass is 9.94. The largest absolute Gasteiger partial charge is 0.372 e. The van der Waals surface area contributed by atoms with Crippen LogP contribution in [0.1, 0.15) is 42.6 Å². The maximum atomic E-state index is 12.8. The van der Waals surface area contributed by atoms with Gasteiger partial charge < -0.3 is 15.4 Å². The van der Waals surface area contributed by atoms with Crippen LogP contribution in [-0.4, -0.2) is 60.0 Å². The molecule has 0 saturated carbocycles. The van der Waals surface area contributed by atoms with Crippen molar-refractivity contribution >= 4 is 11.8 Å². The van der Waals surface area contributed by atoms with Gasteiger partial charge >= 0.3 is 0 Å². The van der Waals surface area contributed by atoms with Crippen molar-refractivity contribution in [3.63, 3.8) is 0 Å². The van der Waals surface area contributed by atoms with Gasteiger partial charge in [0, 0.05) is 31.1 Å². The van der Waals surface area contributed by atoms with Crippen LogP contribution in [-0.2, 0) is 16.1 Å². The Kier molecular flexibility index (Phi) is 5.94.